The van der Waals surface area contributed by atoms with Crippen LogP contribution in [0.5, 0.6) is 0 Å². The van der Waals surface area contributed by atoms with Crippen molar-refractivity contribution in [1.29, 1.82) is 0 Å². The van der Waals surface area contributed by atoms with Crippen molar-refractivity contribution in [3.63, 3.8) is 0 Å². The zero-order valence-corrected chi connectivity index (χ0v) is 4.15. The molecule has 0 aromatic carbocycles. The van der Waals surface area contributed by atoms with E-state index in [-0.39, 0.29) is 6.15 Å². The van der Waals surface area contributed by atoms with Crippen molar-refractivity contribution in [3.05, 3.63) is 12.3 Å². The summed E-state index contributed by atoms with van der Waals surface area (Å²) in [6.45, 7) is 2.04. The summed E-state index contributed by atoms with van der Waals surface area (Å²) < 4.78 is 0. The lowest BCUT2D eigenvalue weighted by Crippen LogP contribution is -1.72. The van der Waals surface area contributed by atoms with Gasteiger partial charge in [-0.25, -0.2) is 0 Å². The number of nitrogens with two attached hydrogens (primary N) is 1. The van der Waals surface area contributed by atoms with Crippen LogP contribution >= 0.6 is 0 Å². The average Bonchev–Trinajstić information content (AvgIpc) is 1.41. The molecule has 38 valence electrons. The molecular formula is C4H12N2. The normalized spacial score (nSPS) is 8.17. The summed E-state index contributed by atoms with van der Waals surface area (Å²) in [6.07, 6.45) is 4.50. The first-order chi connectivity index (χ1) is 2.41. The SMILES string of the molecule is CCC=CN.N. The molecule has 2 nitrogen and oxygen atoms in total. The molecule has 0 aromatic heterocycles. The average molecular weight is 88.2 g/mol. The van der Waals surface area contributed by atoms with Crippen LogP contribution in [0, 0.1) is 0 Å². The smallest absolute Gasteiger partial charge is 0.0103 e. The Morgan fingerprint density at radius 1 is 1.67 bits per heavy atom. The Hall–Kier alpha value is -0.500. The summed E-state index contributed by atoms with van der Waals surface area (Å²) >= 11 is 0. The van der Waals surface area contributed by atoms with Crippen molar-refractivity contribution in [2.24, 2.45) is 5.73 Å². The van der Waals surface area contributed by atoms with Gasteiger partial charge in [0.15, 0.2) is 0 Å². The van der Waals surface area contributed by atoms with Gasteiger partial charge in [0.25, 0.3) is 0 Å². The first-order valence-corrected chi connectivity index (χ1v) is 1.78. The first-order valence-electron chi connectivity index (χ1n) is 1.78. The maximum Gasteiger partial charge on any atom is -0.0103 e. The van der Waals surface area contributed by atoms with Crippen LogP contribution in [0.3, 0.4) is 0 Å². The molecule has 2 heteroatoms. The lowest BCUT2D eigenvalue weighted by atomic mass is 10.5. The maximum atomic E-state index is 4.96. The molecule has 0 unspecified atom stereocenters. The van der Waals surface area contributed by atoms with Gasteiger partial charge in [-0.2, -0.15) is 0 Å². The number of hydrogen-bond donors (Lipinski definition) is 2. The molecule has 0 heterocycles. The highest BCUT2D eigenvalue weighted by Crippen LogP contribution is 1.69. The molecule has 0 spiro atoms. The largest absolute Gasteiger partial charge is 0.405 e. The van der Waals surface area contributed by atoms with Crippen LogP contribution in [-0.4, -0.2) is 0 Å². The molecule has 0 bridgehead atoms. The Morgan fingerprint density at radius 3 is 2.17 bits per heavy atom. The standard InChI is InChI=1S/C4H9N.H3N/c1-2-3-4-5;/h3-4H,2,5H2,1H3;1H3. The van der Waals surface area contributed by atoms with Gasteiger partial charge in [0.2, 0.25) is 0 Å². The summed E-state index contributed by atoms with van der Waals surface area (Å²) in [5.41, 5.74) is 4.96. The van der Waals surface area contributed by atoms with Crippen molar-refractivity contribution < 1.29 is 0 Å². The summed E-state index contributed by atoms with van der Waals surface area (Å²) in [4.78, 5) is 0. The molecule has 0 saturated heterocycles. The third kappa shape index (κ3) is 9.72. The van der Waals surface area contributed by atoms with Gasteiger partial charge in [0.1, 0.15) is 0 Å². The highest BCUT2D eigenvalue weighted by molar-refractivity contribution is 4.71. The van der Waals surface area contributed by atoms with Gasteiger partial charge in [-0.15, -0.1) is 0 Å². The fraction of sp³-hybridized carbons (Fsp3) is 0.500. The quantitative estimate of drug-likeness (QED) is 0.503. The van der Waals surface area contributed by atoms with E-state index in [0.29, 0.717) is 0 Å². The van der Waals surface area contributed by atoms with Gasteiger partial charge >= 0.3 is 0 Å². The van der Waals surface area contributed by atoms with Crippen molar-refractivity contribution in [1.82, 2.24) is 6.15 Å². The second-order valence-electron chi connectivity index (χ2n) is 0.836. The lowest BCUT2D eigenvalue weighted by Gasteiger charge is -1.66. The predicted molar refractivity (Wildman–Crippen MR) is 28.6 cm³/mol. The second kappa shape index (κ2) is 8.82. The van der Waals surface area contributed by atoms with E-state index in [1.54, 1.807) is 6.20 Å². The summed E-state index contributed by atoms with van der Waals surface area (Å²) in [5.74, 6) is 0. The molecule has 6 heavy (non-hydrogen) atoms. The van der Waals surface area contributed by atoms with Crippen LogP contribution in [0.1, 0.15) is 13.3 Å². The highest BCUT2D eigenvalue weighted by atomic mass is 14.5. The van der Waals surface area contributed by atoms with Crippen molar-refractivity contribution in [2.75, 3.05) is 0 Å². The molecule has 5 N–H and O–H groups in total. The molecule has 0 saturated carbocycles. The molecule has 0 amide bonds. The minimum absolute atomic E-state index is 0. The topological polar surface area (TPSA) is 61.0 Å². The molecular weight excluding hydrogens is 76.1 g/mol. The van der Waals surface area contributed by atoms with E-state index in [0.717, 1.165) is 6.42 Å². The molecule has 0 aliphatic carbocycles. The Morgan fingerprint density at radius 2 is 2.17 bits per heavy atom. The van der Waals surface area contributed by atoms with E-state index in [1.807, 2.05) is 13.0 Å². The molecule has 0 rings (SSSR count). The van der Waals surface area contributed by atoms with Crippen LogP contribution in [0.4, 0.5) is 0 Å². The Kier molecular flexibility index (Phi) is 13.4. The molecule has 0 radical (unpaired) electrons. The fourth-order valence-corrected chi connectivity index (χ4v) is 0.136. The zero-order valence-electron chi connectivity index (χ0n) is 4.15. The van der Waals surface area contributed by atoms with E-state index in [1.165, 1.54) is 0 Å². The highest BCUT2D eigenvalue weighted by Gasteiger charge is 1.52. The number of allylic oxidation sites excluding steroid dienone is 1. The zero-order chi connectivity index (χ0) is 4.12. The van der Waals surface area contributed by atoms with Gasteiger partial charge in [0, 0.05) is 0 Å². The monoisotopic (exact) mass is 88.1 g/mol. The van der Waals surface area contributed by atoms with Gasteiger partial charge in [-0.05, 0) is 12.6 Å². The van der Waals surface area contributed by atoms with Crippen LogP contribution in [0.2, 0.25) is 0 Å². The fourth-order valence-electron chi connectivity index (χ4n) is 0.136. The molecule has 0 fully saturated rings. The second-order valence-corrected chi connectivity index (χ2v) is 0.836. The van der Waals surface area contributed by atoms with Gasteiger partial charge in [-0.1, -0.05) is 13.0 Å². The van der Waals surface area contributed by atoms with Crippen LogP contribution in [0.25, 0.3) is 0 Å². The van der Waals surface area contributed by atoms with Gasteiger partial charge in [0.05, 0.1) is 0 Å². The van der Waals surface area contributed by atoms with Gasteiger partial charge < -0.3 is 11.9 Å². The van der Waals surface area contributed by atoms with Crippen molar-refractivity contribution >= 4 is 0 Å². The number of hydrogen-bond acceptors (Lipinski definition) is 2. The minimum atomic E-state index is 0. The number of rotatable bonds is 1. The predicted octanol–water partition coefficient (Wildman–Crippen LogP) is 1.03. The third-order valence-corrected chi connectivity index (χ3v) is 0.372. The van der Waals surface area contributed by atoms with Crippen LogP contribution < -0.4 is 11.9 Å². The van der Waals surface area contributed by atoms with E-state index in [9.17, 15) is 0 Å². The Balaban J connectivity index is 0. The Labute approximate surface area is 38.6 Å². The third-order valence-electron chi connectivity index (χ3n) is 0.372. The van der Waals surface area contributed by atoms with Crippen LogP contribution in [-0.2, 0) is 0 Å². The first kappa shape index (κ1) is 9.09. The molecule has 0 atom stereocenters. The van der Waals surface area contributed by atoms with Crippen molar-refractivity contribution in [3.8, 4) is 0 Å². The lowest BCUT2D eigenvalue weighted by molar-refractivity contribution is 1.21. The van der Waals surface area contributed by atoms with E-state index >= 15 is 0 Å². The van der Waals surface area contributed by atoms with Crippen molar-refractivity contribution in [2.45, 2.75) is 13.3 Å². The van der Waals surface area contributed by atoms with E-state index in [4.69, 9.17) is 5.73 Å². The summed E-state index contributed by atoms with van der Waals surface area (Å²) in [5, 5.41) is 0. The van der Waals surface area contributed by atoms with Gasteiger partial charge in [-0.3, -0.25) is 0 Å². The molecule has 0 aromatic rings. The molecule has 0 aliphatic heterocycles. The minimum Gasteiger partial charge on any atom is -0.405 e. The van der Waals surface area contributed by atoms with Crippen LogP contribution in [0.15, 0.2) is 12.3 Å². The summed E-state index contributed by atoms with van der Waals surface area (Å²) in [7, 11) is 0. The van der Waals surface area contributed by atoms with E-state index < -0.39 is 0 Å². The van der Waals surface area contributed by atoms with E-state index in [2.05, 4.69) is 0 Å². The maximum absolute atomic E-state index is 4.96. The Bertz CT molecular complexity index is 32.5. The molecule has 0 aliphatic rings. The summed E-state index contributed by atoms with van der Waals surface area (Å²) in [6, 6.07) is 0.